The number of halogens is 2. The van der Waals surface area contributed by atoms with Crippen molar-refractivity contribution in [3.05, 3.63) is 20.3 Å². The lowest BCUT2D eigenvalue weighted by Gasteiger charge is -2.25. The Kier molecular flexibility index (Phi) is 5.26. The van der Waals surface area contributed by atoms with E-state index >= 15 is 0 Å². The normalized spacial score (nSPS) is 20.4. The maximum Gasteiger partial charge on any atom is 0.179 e. The molecule has 1 unspecified atom stereocenters. The number of rotatable bonds is 5. The second-order valence-corrected chi connectivity index (χ2v) is 7.42. The molecule has 0 saturated carbocycles. The smallest absolute Gasteiger partial charge is 0.179 e. The average molecular weight is 321 g/mol. The molecule has 19 heavy (non-hydrogen) atoms. The van der Waals surface area contributed by atoms with E-state index in [9.17, 15) is 4.79 Å². The molecule has 0 amide bonds. The lowest BCUT2D eigenvalue weighted by molar-refractivity contribution is 0.0933. The van der Waals surface area contributed by atoms with Crippen LogP contribution in [0.2, 0.25) is 8.67 Å². The van der Waals surface area contributed by atoms with Gasteiger partial charge in [-0.1, -0.05) is 23.2 Å². The van der Waals surface area contributed by atoms with Gasteiger partial charge in [-0.05, 0) is 39.5 Å². The molecular weight excluding hydrogens is 303 g/mol. The van der Waals surface area contributed by atoms with Crippen molar-refractivity contribution in [2.75, 3.05) is 33.7 Å². The third-order valence-electron chi connectivity index (χ3n) is 3.56. The molecule has 6 heteroatoms. The van der Waals surface area contributed by atoms with Gasteiger partial charge < -0.3 is 4.90 Å². The van der Waals surface area contributed by atoms with Gasteiger partial charge in [0.25, 0.3) is 0 Å². The summed E-state index contributed by atoms with van der Waals surface area (Å²) in [5.41, 5.74) is 0.545. The van der Waals surface area contributed by atoms with Crippen LogP contribution in [0.15, 0.2) is 6.07 Å². The first-order chi connectivity index (χ1) is 8.97. The van der Waals surface area contributed by atoms with Crippen molar-refractivity contribution in [2.24, 2.45) is 0 Å². The van der Waals surface area contributed by atoms with Crippen LogP contribution >= 0.6 is 34.5 Å². The number of likely N-dealkylation sites (N-methyl/N-ethyl adjacent to an activating group) is 2. The predicted octanol–water partition coefficient (Wildman–Crippen LogP) is 3.26. The molecule has 1 aromatic heterocycles. The summed E-state index contributed by atoms with van der Waals surface area (Å²) in [6, 6.07) is 2.21. The topological polar surface area (TPSA) is 23.6 Å². The number of carbonyl (C=O) groups is 1. The highest BCUT2D eigenvalue weighted by atomic mass is 35.5. The van der Waals surface area contributed by atoms with Gasteiger partial charge >= 0.3 is 0 Å². The van der Waals surface area contributed by atoms with Crippen molar-refractivity contribution in [2.45, 2.75) is 18.9 Å². The summed E-state index contributed by atoms with van der Waals surface area (Å²) in [6.07, 6.45) is 2.45. The number of hydrogen-bond donors (Lipinski definition) is 0. The van der Waals surface area contributed by atoms with E-state index in [2.05, 4.69) is 16.8 Å². The van der Waals surface area contributed by atoms with Gasteiger partial charge in [-0.2, -0.15) is 0 Å². The van der Waals surface area contributed by atoms with Crippen LogP contribution in [0.4, 0.5) is 0 Å². The lowest BCUT2D eigenvalue weighted by Crippen LogP contribution is -2.38. The van der Waals surface area contributed by atoms with Gasteiger partial charge in [0, 0.05) is 12.6 Å². The second-order valence-electron chi connectivity index (χ2n) is 5.13. The number of thiophene rings is 1. The van der Waals surface area contributed by atoms with Crippen LogP contribution in [0.5, 0.6) is 0 Å². The monoisotopic (exact) mass is 320 g/mol. The van der Waals surface area contributed by atoms with Crippen LogP contribution < -0.4 is 0 Å². The SMILES string of the molecule is CN(CC(=O)c1cc(Cl)sc1Cl)CC1CCCN1C. The fourth-order valence-corrected chi connectivity index (χ4v) is 3.99. The van der Waals surface area contributed by atoms with E-state index in [0.717, 1.165) is 13.1 Å². The Morgan fingerprint density at radius 1 is 1.58 bits per heavy atom. The third-order valence-corrected chi connectivity index (χ3v) is 5.05. The Labute approximate surface area is 128 Å². The van der Waals surface area contributed by atoms with Gasteiger partial charge in [0.1, 0.15) is 4.34 Å². The quantitative estimate of drug-likeness (QED) is 0.778. The number of Topliss-reactive ketones (excluding diaryl/α,β-unsaturated/α-hetero) is 1. The molecule has 1 atom stereocenters. The molecule has 0 spiro atoms. The number of ketones is 1. The highest BCUT2D eigenvalue weighted by molar-refractivity contribution is 7.20. The summed E-state index contributed by atoms with van der Waals surface area (Å²) < 4.78 is 1.05. The molecule has 106 valence electrons. The zero-order valence-electron chi connectivity index (χ0n) is 11.2. The van der Waals surface area contributed by atoms with Gasteiger partial charge in [0.2, 0.25) is 0 Å². The fraction of sp³-hybridized carbons (Fsp3) is 0.615. The van der Waals surface area contributed by atoms with Gasteiger partial charge in [-0.25, -0.2) is 0 Å². The van der Waals surface area contributed by atoms with Crippen LogP contribution in [0.3, 0.4) is 0 Å². The largest absolute Gasteiger partial charge is 0.302 e. The van der Waals surface area contributed by atoms with E-state index in [0.29, 0.717) is 26.8 Å². The maximum atomic E-state index is 12.2. The molecule has 0 radical (unpaired) electrons. The van der Waals surface area contributed by atoms with E-state index < -0.39 is 0 Å². The Morgan fingerprint density at radius 2 is 2.32 bits per heavy atom. The van der Waals surface area contributed by atoms with Crippen LogP contribution in [-0.2, 0) is 0 Å². The molecule has 2 heterocycles. The molecule has 1 fully saturated rings. The zero-order valence-corrected chi connectivity index (χ0v) is 13.5. The lowest BCUT2D eigenvalue weighted by atomic mass is 10.2. The van der Waals surface area contributed by atoms with Crippen molar-refractivity contribution in [3.8, 4) is 0 Å². The Morgan fingerprint density at radius 3 is 2.84 bits per heavy atom. The summed E-state index contributed by atoms with van der Waals surface area (Å²) in [5, 5.41) is 0. The number of likely N-dealkylation sites (tertiary alicyclic amines) is 1. The van der Waals surface area contributed by atoms with Gasteiger partial charge in [-0.15, -0.1) is 11.3 Å². The van der Waals surface area contributed by atoms with E-state index in [-0.39, 0.29) is 5.78 Å². The predicted molar refractivity (Wildman–Crippen MR) is 81.8 cm³/mol. The van der Waals surface area contributed by atoms with Crippen LogP contribution in [-0.4, -0.2) is 55.4 Å². The second kappa shape index (κ2) is 6.55. The van der Waals surface area contributed by atoms with Crippen molar-refractivity contribution >= 4 is 40.3 Å². The third kappa shape index (κ3) is 3.92. The molecule has 0 N–H and O–H groups in total. The molecule has 1 aliphatic rings. The Hall–Kier alpha value is -0.130. The molecule has 1 aromatic rings. The van der Waals surface area contributed by atoms with Crippen molar-refractivity contribution in [1.29, 1.82) is 0 Å². The fourth-order valence-electron chi connectivity index (χ4n) is 2.49. The number of carbonyl (C=O) groups excluding carboxylic acids is 1. The average Bonchev–Trinajstić information content (AvgIpc) is 2.85. The molecule has 1 saturated heterocycles. The standard InChI is InChI=1S/C13H18Cl2N2OS/c1-16(7-9-4-3-5-17(9)2)8-11(18)10-6-12(14)19-13(10)15/h6,9H,3-5,7-8H2,1-2H3. The summed E-state index contributed by atoms with van der Waals surface area (Å²) in [4.78, 5) is 16.6. The Balaban J connectivity index is 1.90. The van der Waals surface area contributed by atoms with Crippen LogP contribution in [0.25, 0.3) is 0 Å². The molecular formula is C13H18Cl2N2OS. The van der Waals surface area contributed by atoms with Gasteiger partial charge in [0.15, 0.2) is 5.78 Å². The zero-order chi connectivity index (χ0) is 14.0. The van der Waals surface area contributed by atoms with E-state index in [1.807, 2.05) is 7.05 Å². The van der Waals surface area contributed by atoms with E-state index in [4.69, 9.17) is 23.2 Å². The minimum absolute atomic E-state index is 0.0382. The maximum absolute atomic E-state index is 12.2. The first-order valence-electron chi connectivity index (χ1n) is 6.34. The minimum Gasteiger partial charge on any atom is -0.302 e. The molecule has 0 bridgehead atoms. The first kappa shape index (κ1) is 15.3. The van der Waals surface area contributed by atoms with Crippen LogP contribution in [0.1, 0.15) is 23.2 Å². The summed E-state index contributed by atoms with van der Waals surface area (Å²) in [6.45, 7) is 2.45. The highest BCUT2D eigenvalue weighted by Gasteiger charge is 2.23. The summed E-state index contributed by atoms with van der Waals surface area (Å²) in [5.74, 6) is 0.0382. The van der Waals surface area contributed by atoms with Crippen LogP contribution in [0, 0.1) is 0 Å². The number of hydrogen-bond acceptors (Lipinski definition) is 4. The summed E-state index contributed by atoms with van der Waals surface area (Å²) in [7, 11) is 4.12. The van der Waals surface area contributed by atoms with Gasteiger partial charge in [-0.3, -0.25) is 9.69 Å². The van der Waals surface area contributed by atoms with E-state index in [1.54, 1.807) is 6.07 Å². The number of nitrogens with zero attached hydrogens (tertiary/aromatic N) is 2. The van der Waals surface area contributed by atoms with E-state index in [1.165, 1.54) is 24.2 Å². The summed E-state index contributed by atoms with van der Waals surface area (Å²) >= 11 is 13.1. The van der Waals surface area contributed by atoms with Crippen molar-refractivity contribution < 1.29 is 4.79 Å². The molecule has 0 aromatic carbocycles. The van der Waals surface area contributed by atoms with Crippen molar-refractivity contribution in [3.63, 3.8) is 0 Å². The van der Waals surface area contributed by atoms with Gasteiger partial charge in [0.05, 0.1) is 16.4 Å². The van der Waals surface area contributed by atoms with Crippen molar-refractivity contribution in [1.82, 2.24) is 9.80 Å². The molecule has 1 aliphatic heterocycles. The molecule has 3 nitrogen and oxygen atoms in total. The first-order valence-corrected chi connectivity index (χ1v) is 7.91. The molecule has 2 rings (SSSR count). The Bertz CT molecular complexity index is 463. The minimum atomic E-state index is 0.0382. The molecule has 0 aliphatic carbocycles. The highest BCUT2D eigenvalue weighted by Crippen LogP contribution is 2.31.